The zero-order valence-electron chi connectivity index (χ0n) is 20.3. The molecule has 2 atom stereocenters. The van der Waals surface area contributed by atoms with Crippen molar-refractivity contribution in [2.24, 2.45) is 11.3 Å². The van der Waals surface area contributed by atoms with Crippen molar-refractivity contribution in [2.75, 3.05) is 5.32 Å². The molecule has 0 bridgehead atoms. The Kier molecular flexibility index (Phi) is 6.37. The third-order valence-corrected chi connectivity index (χ3v) is 6.32. The van der Waals surface area contributed by atoms with Crippen molar-refractivity contribution in [3.63, 3.8) is 0 Å². The molecule has 176 valence electrons. The minimum Gasteiger partial charge on any atom is -0.491 e. The molecule has 0 aliphatic heterocycles. The molecule has 0 amide bonds. The van der Waals surface area contributed by atoms with Crippen LogP contribution in [-0.2, 0) is 11.2 Å². The number of ether oxygens (including phenoxy) is 1. The monoisotopic (exact) mass is 449 g/mol. The maximum absolute atomic E-state index is 11.2. The van der Waals surface area contributed by atoms with Crippen molar-refractivity contribution >= 4 is 28.6 Å². The van der Waals surface area contributed by atoms with Crippen LogP contribution in [0.25, 0.3) is 11.0 Å². The quantitative estimate of drug-likeness (QED) is 0.426. The maximum atomic E-state index is 11.2. The Balaban J connectivity index is 1.73. The van der Waals surface area contributed by atoms with Crippen LogP contribution < -0.4 is 10.1 Å². The van der Waals surface area contributed by atoms with E-state index < -0.39 is 5.97 Å². The van der Waals surface area contributed by atoms with Crippen molar-refractivity contribution < 1.29 is 14.6 Å². The number of benzene rings is 2. The second kappa shape index (κ2) is 9.08. The molecular formula is C27H35N3O3. The predicted octanol–water partition coefficient (Wildman–Crippen LogP) is 6.58. The number of imidazole rings is 1. The van der Waals surface area contributed by atoms with E-state index in [0.717, 1.165) is 46.8 Å². The minimum absolute atomic E-state index is 0.00360. The highest BCUT2D eigenvalue weighted by Crippen LogP contribution is 2.46. The Morgan fingerprint density at radius 2 is 1.94 bits per heavy atom. The van der Waals surface area contributed by atoms with Crippen LogP contribution in [0, 0.1) is 11.3 Å². The van der Waals surface area contributed by atoms with E-state index in [9.17, 15) is 9.90 Å². The van der Waals surface area contributed by atoms with E-state index in [4.69, 9.17) is 9.72 Å². The molecule has 1 heterocycles. The number of carbonyl (C=O) groups is 1. The first-order chi connectivity index (χ1) is 15.6. The third kappa shape index (κ3) is 5.49. The number of fused-ring (bicyclic) bond motifs is 1. The summed E-state index contributed by atoms with van der Waals surface area (Å²) in [6.45, 7) is 11.1. The van der Waals surface area contributed by atoms with Gasteiger partial charge in [-0.05, 0) is 86.4 Å². The summed E-state index contributed by atoms with van der Waals surface area (Å²) in [6, 6.07) is 14.1. The number of hydrogen-bond donors (Lipinski definition) is 2. The number of carboxylic acids is 1. The summed E-state index contributed by atoms with van der Waals surface area (Å²) in [6.07, 6.45) is 3.52. The molecule has 0 saturated heterocycles. The highest BCUT2D eigenvalue weighted by Gasteiger charge is 2.34. The number of nitrogens with zero attached hydrogens (tertiary/aromatic N) is 2. The molecule has 1 aromatic heterocycles. The zero-order valence-corrected chi connectivity index (χ0v) is 20.3. The molecule has 0 spiro atoms. The lowest BCUT2D eigenvalue weighted by Gasteiger charge is -2.40. The Morgan fingerprint density at radius 1 is 1.21 bits per heavy atom. The molecule has 2 unspecified atom stereocenters. The number of nitrogens with one attached hydrogen (secondary N) is 1. The summed E-state index contributed by atoms with van der Waals surface area (Å²) in [5.41, 5.74) is 3.83. The summed E-state index contributed by atoms with van der Waals surface area (Å²) in [4.78, 5) is 16.1. The average Bonchev–Trinajstić information content (AvgIpc) is 3.04. The van der Waals surface area contributed by atoms with Gasteiger partial charge in [-0.3, -0.25) is 4.79 Å². The fraction of sp³-hybridized carbons (Fsp3) is 0.481. The molecule has 1 fully saturated rings. The zero-order chi connectivity index (χ0) is 23.8. The van der Waals surface area contributed by atoms with Gasteiger partial charge in [-0.2, -0.15) is 0 Å². The van der Waals surface area contributed by atoms with E-state index in [1.54, 1.807) is 0 Å². The molecule has 6 nitrogen and oxygen atoms in total. The molecule has 1 aliphatic rings. The fourth-order valence-corrected chi connectivity index (χ4v) is 5.40. The smallest absolute Gasteiger partial charge is 0.307 e. The second-order valence-corrected chi connectivity index (χ2v) is 10.6. The minimum atomic E-state index is -0.835. The van der Waals surface area contributed by atoms with Crippen LogP contribution in [0.1, 0.15) is 65.5 Å². The normalized spacial score (nSPS) is 20.2. The van der Waals surface area contributed by atoms with Crippen molar-refractivity contribution in [1.29, 1.82) is 0 Å². The Bertz CT molecular complexity index is 1130. The van der Waals surface area contributed by atoms with E-state index in [2.05, 4.69) is 30.7 Å². The lowest BCUT2D eigenvalue weighted by molar-refractivity contribution is -0.136. The first-order valence-electron chi connectivity index (χ1n) is 11.9. The van der Waals surface area contributed by atoms with Gasteiger partial charge in [0.2, 0.25) is 5.95 Å². The van der Waals surface area contributed by atoms with Gasteiger partial charge in [0, 0.05) is 11.7 Å². The molecule has 6 heteroatoms. The Morgan fingerprint density at radius 3 is 2.58 bits per heavy atom. The van der Waals surface area contributed by atoms with Crippen LogP contribution in [0.2, 0.25) is 0 Å². The Labute approximate surface area is 196 Å². The van der Waals surface area contributed by atoms with E-state index in [1.807, 2.05) is 56.3 Å². The van der Waals surface area contributed by atoms with Crippen molar-refractivity contribution in [3.05, 3.63) is 48.0 Å². The third-order valence-electron chi connectivity index (χ3n) is 6.32. The predicted molar refractivity (Wildman–Crippen MR) is 132 cm³/mol. The Hall–Kier alpha value is -3.02. The molecule has 3 aromatic rings. The van der Waals surface area contributed by atoms with Crippen molar-refractivity contribution in [3.8, 4) is 5.75 Å². The van der Waals surface area contributed by atoms with E-state index in [0.29, 0.717) is 12.0 Å². The number of hydrogen-bond acceptors (Lipinski definition) is 4. The molecule has 1 saturated carbocycles. The molecule has 2 N–H and O–H groups in total. The first kappa shape index (κ1) is 23.1. The van der Waals surface area contributed by atoms with Crippen LogP contribution >= 0.6 is 0 Å². The molecule has 0 radical (unpaired) electrons. The van der Waals surface area contributed by atoms with E-state index in [-0.39, 0.29) is 17.9 Å². The van der Waals surface area contributed by atoms with Crippen molar-refractivity contribution in [1.82, 2.24) is 9.55 Å². The summed E-state index contributed by atoms with van der Waals surface area (Å²) in [7, 11) is 0. The van der Waals surface area contributed by atoms with Gasteiger partial charge in [-0.25, -0.2) is 4.98 Å². The number of aliphatic carboxylic acids is 1. The fourth-order valence-electron chi connectivity index (χ4n) is 5.40. The van der Waals surface area contributed by atoms with Gasteiger partial charge in [0.05, 0.1) is 23.6 Å². The van der Waals surface area contributed by atoms with Gasteiger partial charge in [-0.15, -0.1) is 0 Å². The number of rotatable bonds is 7. The van der Waals surface area contributed by atoms with Gasteiger partial charge in [0.25, 0.3) is 0 Å². The lowest BCUT2D eigenvalue weighted by Crippen LogP contribution is -2.29. The van der Waals surface area contributed by atoms with Crippen LogP contribution in [0.4, 0.5) is 11.6 Å². The summed E-state index contributed by atoms with van der Waals surface area (Å²) >= 11 is 0. The van der Waals surface area contributed by atoms with Gasteiger partial charge >= 0.3 is 5.97 Å². The average molecular weight is 450 g/mol. The highest BCUT2D eigenvalue weighted by atomic mass is 16.5. The lowest BCUT2D eigenvalue weighted by atomic mass is 9.70. The number of anilines is 2. The molecule has 2 aromatic carbocycles. The summed E-state index contributed by atoms with van der Waals surface area (Å²) in [5, 5.41) is 12.7. The van der Waals surface area contributed by atoms with E-state index in [1.165, 1.54) is 6.42 Å². The second-order valence-electron chi connectivity index (χ2n) is 10.6. The molecule has 33 heavy (non-hydrogen) atoms. The van der Waals surface area contributed by atoms with E-state index >= 15 is 0 Å². The SMILES string of the molecule is CC1CC(n2c(Nc3ccc(OC(C)C)cc3)nc3cc(CC(=O)O)ccc32)CC(C)(C)C1. The van der Waals surface area contributed by atoms with Gasteiger partial charge in [0.1, 0.15) is 5.75 Å². The summed E-state index contributed by atoms with van der Waals surface area (Å²) in [5.74, 6) is 1.43. The van der Waals surface area contributed by atoms with Crippen LogP contribution in [-0.4, -0.2) is 26.7 Å². The van der Waals surface area contributed by atoms with Crippen LogP contribution in [0.3, 0.4) is 0 Å². The van der Waals surface area contributed by atoms with Gasteiger partial charge in [0.15, 0.2) is 0 Å². The highest BCUT2D eigenvalue weighted by molar-refractivity contribution is 5.82. The summed E-state index contributed by atoms with van der Waals surface area (Å²) < 4.78 is 8.10. The molecule has 4 rings (SSSR count). The number of carboxylic acid groups (broad SMARTS) is 1. The van der Waals surface area contributed by atoms with Crippen LogP contribution in [0.15, 0.2) is 42.5 Å². The topological polar surface area (TPSA) is 76.4 Å². The number of aromatic nitrogens is 2. The van der Waals surface area contributed by atoms with Crippen molar-refractivity contribution in [2.45, 2.75) is 72.4 Å². The standard InChI is InChI=1S/C27H35N3O3/c1-17(2)33-22-9-7-20(8-10-22)28-26-29-23-13-19(14-25(31)32)6-11-24(23)30(26)21-12-18(3)15-27(4,5)16-21/h6-11,13,17-18,21H,12,14-16H2,1-5H3,(H,28,29)(H,31,32). The van der Waals surface area contributed by atoms with Gasteiger partial charge in [-0.1, -0.05) is 26.8 Å². The maximum Gasteiger partial charge on any atom is 0.307 e. The van der Waals surface area contributed by atoms with Crippen LogP contribution in [0.5, 0.6) is 5.75 Å². The largest absolute Gasteiger partial charge is 0.491 e. The molecule has 1 aliphatic carbocycles. The molecular weight excluding hydrogens is 414 g/mol. The first-order valence-corrected chi connectivity index (χ1v) is 11.9. The van der Waals surface area contributed by atoms with Gasteiger partial charge < -0.3 is 19.7 Å².